The predicted molar refractivity (Wildman–Crippen MR) is 104 cm³/mol. The van der Waals surface area contributed by atoms with Gasteiger partial charge in [0.15, 0.2) is 0 Å². The fourth-order valence-electron chi connectivity index (χ4n) is 2.50. The van der Waals surface area contributed by atoms with Gasteiger partial charge in [-0.1, -0.05) is 12.1 Å². The van der Waals surface area contributed by atoms with Crippen molar-refractivity contribution in [2.24, 2.45) is 0 Å². The molecule has 5 heteroatoms. The van der Waals surface area contributed by atoms with Gasteiger partial charge in [0.25, 0.3) is 5.91 Å². The van der Waals surface area contributed by atoms with Crippen molar-refractivity contribution >= 4 is 5.91 Å². The Labute approximate surface area is 159 Å². The van der Waals surface area contributed by atoms with Crippen molar-refractivity contribution < 1.29 is 14.3 Å². The highest BCUT2D eigenvalue weighted by Crippen LogP contribution is 2.18. The molecule has 1 aromatic heterocycles. The molecular formula is C22H22N2O3. The van der Waals surface area contributed by atoms with Gasteiger partial charge in [-0.05, 0) is 66.6 Å². The molecule has 0 spiro atoms. The van der Waals surface area contributed by atoms with E-state index in [0.29, 0.717) is 25.3 Å². The summed E-state index contributed by atoms with van der Waals surface area (Å²) in [5.74, 6) is 1.50. The Hall–Kier alpha value is -3.34. The van der Waals surface area contributed by atoms with Gasteiger partial charge in [0.05, 0.1) is 6.61 Å². The minimum absolute atomic E-state index is 0.106. The van der Waals surface area contributed by atoms with Crippen LogP contribution in [0.5, 0.6) is 11.5 Å². The number of amides is 1. The molecule has 27 heavy (non-hydrogen) atoms. The molecule has 1 N–H and O–H groups in total. The van der Waals surface area contributed by atoms with E-state index in [1.807, 2.05) is 55.5 Å². The number of ether oxygens (including phenoxy) is 2. The molecule has 1 heterocycles. The van der Waals surface area contributed by atoms with Crippen LogP contribution in [0, 0.1) is 0 Å². The van der Waals surface area contributed by atoms with E-state index >= 15 is 0 Å². The summed E-state index contributed by atoms with van der Waals surface area (Å²) in [5.41, 5.74) is 2.63. The second kappa shape index (κ2) is 9.38. The monoisotopic (exact) mass is 362 g/mol. The molecule has 0 unspecified atom stereocenters. The SMILES string of the molecule is CCOc1ccc(OCc2ccc(C(=O)NCc3ccncc3)cc2)cc1. The summed E-state index contributed by atoms with van der Waals surface area (Å²) in [6.07, 6.45) is 3.42. The van der Waals surface area contributed by atoms with Crippen molar-refractivity contribution in [3.05, 3.63) is 89.7 Å². The number of hydrogen-bond donors (Lipinski definition) is 1. The molecule has 3 aromatic rings. The fourth-order valence-corrected chi connectivity index (χ4v) is 2.50. The standard InChI is InChI=1S/C22H22N2O3/c1-2-26-20-7-9-21(10-8-20)27-16-18-3-5-19(6-4-18)22(25)24-15-17-11-13-23-14-12-17/h3-14H,2,15-16H2,1H3,(H,24,25). The lowest BCUT2D eigenvalue weighted by Crippen LogP contribution is -2.22. The quantitative estimate of drug-likeness (QED) is 0.658. The Balaban J connectivity index is 1.50. The highest BCUT2D eigenvalue weighted by atomic mass is 16.5. The van der Waals surface area contributed by atoms with Crippen molar-refractivity contribution in [1.29, 1.82) is 0 Å². The van der Waals surface area contributed by atoms with Crippen LogP contribution in [0.2, 0.25) is 0 Å². The van der Waals surface area contributed by atoms with Gasteiger partial charge >= 0.3 is 0 Å². The minimum atomic E-state index is -0.106. The molecule has 0 fully saturated rings. The van der Waals surface area contributed by atoms with Crippen LogP contribution in [0.1, 0.15) is 28.4 Å². The highest BCUT2D eigenvalue weighted by Gasteiger charge is 2.05. The third kappa shape index (κ3) is 5.57. The Kier molecular flexibility index (Phi) is 6.41. The van der Waals surface area contributed by atoms with Crippen LogP contribution in [0.25, 0.3) is 0 Å². The molecule has 0 aliphatic carbocycles. The molecule has 0 aliphatic rings. The zero-order valence-corrected chi connectivity index (χ0v) is 15.2. The first-order chi connectivity index (χ1) is 13.2. The molecule has 0 atom stereocenters. The predicted octanol–water partition coefficient (Wildman–Crippen LogP) is 3.99. The lowest BCUT2D eigenvalue weighted by Gasteiger charge is -2.09. The second-order valence-corrected chi connectivity index (χ2v) is 5.93. The first kappa shape index (κ1) is 18.5. The molecule has 2 aromatic carbocycles. The lowest BCUT2D eigenvalue weighted by molar-refractivity contribution is 0.0951. The number of carbonyl (C=O) groups is 1. The van der Waals surface area contributed by atoms with Crippen LogP contribution >= 0.6 is 0 Å². The van der Waals surface area contributed by atoms with Gasteiger partial charge in [-0.3, -0.25) is 9.78 Å². The van der Waals surface area contributed by atoms with Crippen LogP contribution < -0.4 is 14.8 Å². The van der Waals surface area contributed by atoms with E-state index in [4.69, 9.17) is 9.47 Å². The van der Waals surface area contributed by atoms with Crippen molar-refractivity contribution in [1.82, 2.24) is 10.3 Å². The number of nitrogens with one attached hydrogen (secondary N) is 1. The minimum Gasteiger partial charge on any atom is -0.494 e. The first-order valence-electron chi connectivity index (χ1n) is 8.86. The zero-order valence-electron chi connectivity index (χ0n) is 15.2. The third-order valence-electron chi connectivity index (χ3n) is 3.96. The third-order valence-corrected chi connectivity index (χ3v) is 3.96. The molecule has 0 aliphatic heterocycles. The van der Waals surface area contributed by atoms with Gasteiger partial charge < -0.3 is 14.8 Å². The van der Waals surface area contributed by atoms with Gasteiger partial charge in [-0.15, -0.1) is 0 Å². The molecule has 0 saturated heterocycles. The van der Waals surface area contributed by atoms with Gasteiger partial charge in [0.1, 0.15) is 18.1 Å². The summed E-state index contributed by atoms with van der Waals surface area (Å²) in [5, 5.41) is 2.90. The maximum atomic E-state index is 12.2. The van der Waals surface area contributed by atoms with Crippen LogP contribution in [-0.2, 0) is 13.2 Å². The molecule has 5 nitrogen and oxygen atoms in total. The van der Waals surface area contributed by atoms with E-state index in [0.717, 1.165) is 22.6 Å². The van der Waals surface area contributed by atoms with Crippen molar-refractivity contribution in [3.63, 3.8) is 0 Å². The molecular weight excluding hydrogens is 340 g/mol. The average Bonchev–Trinajstić information content (AvgIpc) is 2.73. The summed E-state index contributed by atoms with van der Waals surface area (Å²) < 4.78 is 11.2. The van der Waals surface area contributed by atoms with Gasteiger partial charge in [0.2, 0.25) is 0 Å². The van der Waals surface area contributed by atoms with E-state index in [1.54, 1.807) is 24.5 Å². The van der Waals surface area contributed by atoms with Gasteiger partial charge in [-0.2, -0.15) is 0 Å². The summed E-state index contributed by atoms with van der Waals surface area (Å²) in [7, 11) is 0. The number of benzene rings is 2. The van der Waals surface area contributed by atoms with Crippen LogP contribution in [0.3, 0.4) is 0 Å². The fraction of sp³-hybridized carbons (Fsp3) is 0.182. The Morgan fingerprint density at radius 2 is 1.48 bits per heavy atom. The van der Waals surface area contributed by atoms with Crippen molar-refractivity contribution in [2.75, 3.05) is 6.61 Å². The molecule has 3 rings (SSSR count). The van der Waals surface area contributed by atoms with E-state index in [-0.39, 0.29) is 5.91 Å². The van der Waals surface area contributed by atoms with Gasteiger partial charge in [-0.25, -0.2) is 0 Å². The number of nitrogens with zero attached hydrogens (tertiary/aromatic N) is 1. The maximum absolute atomic E-state index is 12.2. The van der Waals surface area contributed by atoms with E-state index in [1.165, 1.54) is 0 Å². The maximum Gasteiger partial charge on any atom is 0.251 e. The summed E-state index contributed by atoms with van der Waals surface area (Å²) in [6.45, 7) is 3.51. The molecule has 0 radical (unpaired) electrons. The van der Waals surface area contributed by atoms with Crippen LogP contribution in [0.15, 0.2) is 73.1 Å². The molecule has 138 valence electrons. The molecule has 0 bridgehead atoms. The van der Waals surface area contributed by atoms with Crippen LogP contribution in [-0.4, -0.2) is 17.5 Å². The summed E-state index contributed by atoms with van der Waals surface area (Å²) >= 11 is 0. The first-order valence-corrected chi connectivity index (χ1v) is 8.86. The Bertz CT molecular complexity index is 847. The number of aromatic nitrogens is 1. The van der Waals surface area contributed by atoms with E-state index in [2.05, 4.69) is 10.3 Å². The van der Waals surface area contributed by atoms with Crippen molar-refractivity contribution in [3.8, 4) is 11.5 Å². The van der Waals surface area contributed by atoms with Crippen LogP contribution in [0.4, 0.5) is 0 Å². The highest BCUT2D eigenvalue weighted by molar-refractivity contribution is 5.94. The van der Waals surface area contributed by atoms with Gasteiger partial charge in [0, 0.05) is 24.5 Å². The Morgan fingerprint density at radius 1 is 0.852 bits per heavy atom. The number of rotatable bonds is 8. The topological polar surface area (TPSA) is 60.5 Å². The number of hydrogen-bond acceptors (Lipinski definition) is 4. The molecule has 0 saturated carbocycles. The lowest BCUT2D eigenvalue weighted by atomic mass is 10.1. The number of pyridine rings is 1. The van der Waals surface area contributed by atoms with E-state index in [9.17, 15) is 4.79 Å². The smallest absolute Gasteiger partial charge is 0.251 e. The average molecular weight is 362 g/mol. The largest absolute Gasteiger partial charge is 0.494 e. The molecule has 1 amide bonds. The normalized spacial score (nSPS) is 10.3. The zero-order chi connectivity index (χ0) is 18.9. The Morgan fingerprint density at radius 3 is 2.11 bits per heavy atom. The second-order valence-electron chi connectivity index (χ2n) is 5.93. The van der Waals surface area contributed by atoms with E-state index < -0.39 is 0 Å². The van der Waals surface area contributed by atoms with Crippen molar-refractivity contribution in [2.45, 2.75) is 20.1 Å². The number of carbonyl (C=O) groups excluding carboxylic acids is 1. The summed E-state index contributed by atoms with van der Waals surface area (Å²) in [4.78, 5) is 16.2. The summed E-state index contributed by atoms with van der Waals surface area (Å²) in [6, 6.07) is 18.7.